The first-order chi connectivity index (χ1) is 22.4. The van der Waals surface area contributed by atoms with Crippen molar-refractivity contribution in [1.82, 2.24) is 15.0 Å². The van der Waals surface area contributed by atoms with E-state index >= 15 is 0 Å². The number of hydrogen-bond donors (Lipinski definition) is 3. The number of rotatable bonds is 15. The first-order valence-corrected chi connectivity index (χ1v) is 15.4. The molecule has 0 unspecified atom stereocenters. The number of ether oxygens (including phenoxy) is 2. The number of methoxy groups -OCH3 is 1. The molecule has 3 N–H and O–H groups in total. The highest BCUT2D eigenvalue weighted by Gasteiger charge is 2.11. The summed E-state index contributed by atoms with van der Waals surface area (Å²) in [5.74, 6) is 2.97. The predicted octanol–water partition coefficient (Wildman–Crippen LogP) is 8.43. The lowest BCUT2D eigenvalue weighted by Gasteiger charge is -2.22. The minimum Gasteiger partial charge on any atom is -0.497 e. The molecule has 246 valence electrons. The van der Waals surface area contributed by atoms with E-state index in [0.29, 0.717) is 34.2 Å². The highest BCUT2D eigenvalue weighted by Crippen LogP contribution is 2.28. The van der Waals surface area contributed by atoms with E-state index in [1.54, 1.807) is 31.7 Å². The van der Waals surface area contributed by atoms with Gasteiger partial charge in [-0.3, -0.25) is 0 Å². The summed E-state index contributed by atoms with van der Waals surface area (Å²) in [4.78, 5) is 15.7. The van der Waals surface area contributed by atoms with Gasteiger partial charge in [0.1, 0.15) is 23.9 Å². The maximum absolute atomic E-state index is 6.41. The normalized spacial score (nSPS) is 10.7. The molecule has 2 aromatic heterocycles. The predicted molar refractivity (Wildman–Crippen MR) is 191 cm³/mol. The van der Waals surface area contributed by atoms with E-state index < -0.39 is 0 Å². The van der Waals surface area contributed by atoms with Gasteiger partial charge >= 0.3 is 0 Å². The lowest BCUT2D eigenvalue weighted by Crippen LogP contribution is -2.21. The van der Waals surface area contributed by atoms with Crippen molar-refractivity contribution in [1.29, 1.82) is 0 Å². The number of furan rings is 1. The topological polar surface area (TPSA) is 122 Å². The second kappa shape index (κ2) is 17.3. The third-order valence-electron chi connectivity index (χ3n) is 6.87. The van der Waals surface area contributed by atoms with Crippen LogP contribution in [0, 0.1) is 0 Å². The third kappa shape index (κ3) is 9.89. The number of halogens is 3. The molecule has 0 bridgehead atoms. The van der Waals surface area contributed by atoms with Gasteiger partial charge in [0.2, 0.25) is 17.8 Å². The van der Waals surface area contributed by atoms with Gasteiger partial charge < -0.3 is 29.4 Å². The van der Waals surface area contributed by atoms with Crippen LogP contribution in [0.25, 0.3) is 0 Å². The molecule has 0 amide bonds. The third-order valence-corrected chi connectivity index (χ3v) is 7.46. The highest BCUT2D eigenvalue weighted by atomic mass is 35.5. The lowest BCUT2D eigenvalue weighted by atomic mass is 10.1. The van der Waals surface area contributed by atoms with Crippen LogP contribution in [0.5, 0.6) is 11.5 Å². The molecule has 0 aliphatic rings. The molecule has 0 radical (unpaired) electrons. The number of anilines is 5. The minimum absolute atomic E-state index is 0. The fourth-order valence-corrected chi connectivity index (χ4v) is 4.90. The molecule has 0 spiro atoms. The molecule has 11 nitrogen and oxygen atoms in total. The van der Waals surface area contributed by atoms with Crippen molar-refractivity contribution in [2.24, 2.45) is 5.10 Å². The number of hydrazone groups is 1. The van der Waals surface area contributed by atoms with Gasteiger partial charge in [0, 0.05) is 51.7 Å². The van der Waals surface area contributed by atoms with Crippen LogP contribution >= 0.6 is 35.6 Å². The number of benzene rings is 3. The molecule has 2 heterocycles. The molecule has 0 fully saturated rings. The Morgan fingerprint density at radius 2 is 1.68 bits per heavy atom. The van der Waals surface area contributed by atoms with E-state index in [4.69, 9.17) is 37.1 Å². The van der Waals surface area contributed by atoms with Gasteiger partial charge in [0.05, 0.1) is 26.1 Å². The number of hydrogen-bond acceptors (Lipinski definition) is 11. The summed E-state index contributed by atoms with van der Waals surface area (Å²) in [6.45, 7) is 6.58. The number of nitrogens with one attached hydrogen (secondary N) is 3. The van der Waals surface area contributed by atoms with Crippen molar-refractivity contribution in [3.8, 4) is 11.5 Å². The van der Waals surface area contributed by atoms with Crippen molar-refractivity contribution in [2.45, 2.75) is 27.0 Å². The fraction of sp³-hybridized carbons (Fsp3) is 0.212. The first-order valence-electron chi connectivity index (χ1n) is 14.6. The average Bonchev–Trinajstić information content (AvgIpc) is 3.59. The summed E-state index contributed by atoms with van der Waals surface area (Å²) in [6, 6.07) is 22.4. The molecule has 0 aliphatic carbocycles. The van der Waals surface area contributed by atoms with Crippen molar-refractivity contribution in [2.75, 3.05) is 41.2 Å². The largest absolute Gasteiger partial charge is 0.497 e. The Kier molecular flexibility index (Phi) is 12.9. The smallest absolute Gasteiger partial charge is 0.250 e. The van der Waals surface area contributed by atoms with Gasteiger partial charge in [-0.1, -0.05) is 29.3 Å². The number of nitrogens with zero attached hydrogens (tertiary/aromatic N) is 5. The zero-order valence-corrected chi connectivity index (χ0v) is 28.4. The first kappa shape index (κ1) is 35.1. The van der Waals surface area contributed by atoms with Gasteiger partial charge in [0.25, 0.3) is 0 Å². The monoisotopic (exact) mass is 696 g/mol. The Labute approximate surface area is 289 Å². The molecule has 0 saturated heterocycles. The Morgan fingerprint density at radius 3 is 2.38 bits per heavy atom. The summed E-state index contributed by atoms with van der Waals surface area (Å²) < 4.78 is 16.9. The molecular formula is C33H35Cl3N8O3. The van der Waals surface area contributed by atoms with Crippen LogP contribution in [0.3, 0.4) is 0 Å². The van der Waals surface area contributed by atoms with E-state index in [2.05, 4.69) is 54.9 Å². The van der Waals surface area contributed by atoms with Gasteiger partial charge in [-0.15, -0.1) is 12.4 Å². The van der Waals surface area contributed by atoms with Gasteiger partial charge in [-0.25, -0.2) is 5.43 Å². The Balaban J connectivity index is 0.00000500. The zero-order chi connectivity index (χ0) is 32.3. The van der Waals surface area contributed by atoms with Gasteiger partial charge in [-0.2, -0.15) is 20.1 Å². The SMILES string of the molecule is CCN(CC)c1ccc(C=NNc2nc(NCc3ccco3)nc(Nc3ccc(OC)cc3)n2)c(OCc2ccc(Cl)cc2Cl)c1.Cl. The Morgan fingerprint density at radius 1 is 0.915 bits per heavy atom. The average molecular weight is 698 g/mol. The summed E-state index contributed by atoms with van der Waals surface area (Å²) in [5.41, 5.74) is 6.30. The Bertz CT molecular complexity index is 1750. The molecule has 0 saturated carbocycles. The van der Waals surface area contributed by atoms with Crippen LogP contribution in [-0.2, 0) is 13.2 Å². The standard InChI is InChI=1S/C33H34Cl2N8O3.ClH/c1-4-43(5-2)26-13-9-22(30(18-26)46-21-23-8-10-24(34)17-29(23)35)19-37-42-33-40-31(36-20-28-7-6-16-45-28)39-32(41-33)38-25-11-14-27(44-3)15-12-25;/h6-19H,4-5,20-21H2,1-3H3,(H3,36,38,39,40,41,42);1H. The van der Waals surface area contributed by atoms with Crippen LogP contribution < -0.4 is 30.4 Å². The quantitative estimate of drug-likeness (QED) is 0.0726. The maximum Gasteiger partial charge on any atom is 0.250 e. The fourth-order valence-electron chi connectivity index (χ4n) is 4.44. The molecule has 5 aromatic rings. The minimum atomic E-state index is 0. The second-order valence-electron chi connectivity index (χ2n) is 9.88. The summed E-state index contributed by atoms with van der Waals surface area (Å²) in [5, 5.41) is 11.9. The zero-order valence-electron chi connectivity index (χ0n) is 26.0. The summed E-state index contributed by atoms with van der Waals surface area (Å²) in [6.07, 6.45) is 3.26. The molecular weight excluding hydrogens is 663 g/mol. The van der Waals surface area contributed by atoms with Gasteiger partial charge in [0.15, 0.2) is 0 Å². The van der Waals surface area contributed by atoms with Gasteiger partial charge in [-0.05, 0) is 74.5 Å². The molecule has 0 aliphatic heterocycles. The van der Waals surface area contributed by atoms with Crippen LogP contribution in [0.1, 0.15) is 30.7 Å². The van der Waals surface area contributed by atoms with Crippen LogP contribution in [0.4, 0.5) is 29.2 Å². The molecule has 5 rings (SSSR count). The van der Waals surface area contributed by atoms with E-state index in [9.17, 15) is 0 Å². The van der Waals surface area contributed by atoms with E-state index in [-0.39, 0.29) is 25.0 Å². The summed E-state index contributed by atoms with van der Waals surface area (Å²) >= 11 is 12.5. The van der Waals surface area contributed by atoms with E-state index in [0.717, 1.165) is 47.1 Å². The summed E-state index contributed by atoms with van der Waals surface area (Å²) in [7, 11) is 1.62. The molecule has 3 aromatic carbocycles. The van der Waals surface area contributed by atoms with Crippen molar-refractivity contribution < 1.29 is 13.9 Å². The van der Waals surface area contributed by atoms with Crippen LogP contribution in [-0.4, -0.2) is 41.4 Å². The number of aromatic nitrogens is 3. The van der Waals surface area contributed by atoms with Crippen molar-refractivity contribution in [3.63, 3.8) is 0 Å². The second-order valence-corrected chi connectivity index (χ2v) is 10.7. The van der Waals surface area contributed by atoms with Crippen molar-refractivity contribution in [3.05, 3.63) is 106 Å². The lowest BCUT2D eigenvalue weighted by molar-refractivity contribution is 0.306. The highest BCUT2D eigenvalue weighted by molar-refractivity contribution is 6.35. The van der Waals surface area contributed by atoms with Crippen LogP contribution in [0.2, 0.25) is 10.0 Å². The van der Waals surface area contributed by atoms with Crippen molar-refractivity contribution >= 4 is 71.0 Å². The van der Waals surface area contributed by atoms with E-state index in [1.165, 1.54) is 0 Å². The molecule has 14 heteroatoms. The Hall–Kier alpha value is -4.71. The van der Waals surface area contributed by atoms with Crippen LogP contribution in [0.15, 0.2) is 88.6 Å². The molecule has 0 atom stereocenters. The van der Waals surface area contributed by atoms with E-state index in [1.807, 2.05) is 60.7 Å². The molecule has 47 heavy (non-hydrogen) atoms. The maximum atomic E-state index is 6.41.